The summed E-state index contributed by atoms with van der Waals surface area (Å²) in [5.41, 5.74) is 5.56. The molecule has 0 saturated carbocycles. The molecule has 1 aromatic carbocycles. The Bertz CT molecular complexity index is 758. The Balaban J connectivity index is 2.28. The summed E-state index contributed by atoms with van der Waals surface area (Å²) in [6, 6.07) is 10.2. The molecule has 0 aliphatic heterocycles. The molecule has 20 heavy (non-hydrogen) atoms. The minimum atomic E-state index is 0.793. The highest BCUT2D eigenvalue weighted by molar-refractivity contribution is 5.77. The predicted octanol–water partition coefficient (Wildman–Crippen LogP) is 2.76. The molecule has 0 bridgehead atoms. The van der Waals surface area contributed by atoms with Crippen LogP contribution in [0.25, 0.3) is 16.9 Å². The van der Waals surface area contributed by atoms with Crippen molar-refractivity contribution < 1.29 is 0 Å². The van der Waals surface area contributed by atoms with Crippen LogP contribution in [0.4, 0.5) is 0 Å². The second-order valence-corrected chi connectivity index (χ2v) is 5.02. The van der Waals surface area contributed by atoms with Crippen LogP contribution in [0.15, 0.2) is 36.7 Å². The monoisotopic (exact) mass is 266 g/mol. The predicted molar refractivity (Wildman–Crippen MR) is 81.1 cm³/mol. The van der Waals surface area contributed by atoms with E-state index in [2.05, 4.69) is 33.9 Å². The van der Waals surface area contributed by atoms with Crippen LogP contribution >= 0.6 is 0 Å². The van der Waals surface area contributed by atoms with Gasteiger partial charge in [0.2, 0.25) is 0 Å². The molecule has 0 fully saturated rings. The number of hydrogen-bond acceptors (Lipinski definition) is 3. The second kappa shape index (κ2) is 5.06. The lowest BCUT2D eigenvalue weighted by Gasteiger charge is -2.14. The molecule has 2 heterocycles. The van der Waals surface area contributed by atoms with Crippen molar-refractivity contribution in [1.82, 2.24) is 19.9 Å². The van der Waals surface area contributed by atoms with E-state index in [0.29, 0.717) is 0 Å². The maximum absolute atomic E-state index is 4.73. The molecular weight excluding hydrogens is 248 g/mol. The third-order valence-corrected chi connectivity index (χ3v) is 3.49. The fourth-order valence-electron chi connectivity index (χ4n) is 2.57. The van der Waals surface area contributed by atoms with Crippen molar-refractivity contribution in [1.29, 1.82) is 0 Å². The number of nitrogens with zero attached hydrogens (tertiary/aromatic N) is 3. The first-order valence-electron chi connectivity index (χ1n) is 6.75. The number of fused-ring (bicyclic) bond motifs is 1. The number of benzene rings is 1. The molecule has 4 nitrogen and oxygen atoms in total. The Morgan fingerprint density at radius 2 is 2.00 bits per heavy atom. The maximum Gasteiger partial charge on any atom is 0.143 e. The average molecular weight is 266 g/mol. The van der Waals surface area contributed by atoms with Gasteiger partial charge in [0.25, 0.3) is 0 Å². The fraction of sp³-hybridized carbons (Fsp3) is 0.250. The first-order chi connectivity index (χ1) is 9.70. The zero-order valence-corrected chi connectivity index (χ0v) is 12.0. The maximum atomic E-state index is 4.73. The summed E-state index contributed by atoms with van der Waals surface area (Å²) in [6.07, 6.45) is 1.85. The minimum Gasteiger partial charge on any atom is -0.316 e. The SMILES string of the molecule is CNCc1c(C)cc(C)nc1-n1cnc2ccccc21. The number of aromatic nitrogens is 3. The van der Waals surface area contributed by atoms with Crippen molar-refractivity contribution in [2.45, 2.75) is 20.4 Å². The van der Waals surface area contributed by atoms with Gasteiger partial charge in [-0.3, -0.25) is 4.57 Å². The molecule has 0 atom stereocenters. The summed E-state index contributed by atoms with van der Waals surface area (Å²) < 4.78 is 2.07. The largest absolute Gasteiger partial charge is 0.316 e. The molecule has 0 aliphatic carbocycles. The van der Waals surface area contributed by atoms with Crippen LogP contribution in [-0.2, 0) is 6.54 Å². The molecule has 4 heteroatoms. The summed E-state index contributed by atoms with van der Waals surface area (Å²) >= 11 is 0. The van der Waals surface area contributed by atoms with Crippen LogP contribution in [0.5, 0.6) is 0 Å². The molecule has 3 rings (SSSR count). The Hall–Kier alpha value is -2.20. The number of aryl methyl sites for hydroxylation is 2. The normalized spacial score (nSPS) is 11.2. The zero-order valence-electron chi connectivity index (χ0n) is 12.0. The molecule has 102 valence electrons. The van der Waals surface area contributed by atoms with Crippen LogP contribution in [0, 0.1) is 13.8 Å². The van der Waals surface area contributed by atoms with E-state index in [4.69, 9.17) is 4.98 Å². The van der Waals surface area contributed by atoms with Gasteiger partial charge in [-0.2, -0.15) is 0 Å². The van der Waals surface area contributed by atoms with E-state index in [1.807, 2.05) is 38.5 Å². The molecule has 2 aromatic heterocycles. The van der Waals surface area contributed by atoms with E-state index < -0.39 is 0 Å². The van der Waals surface area contributed by atoms with Gasteiger partial charge in [0, 0.05) is 17.8 Å². The molecule has 0 spiro atoms. The third-order valence-electron chi connectivity index (χ3n) is 3.49. The lowest BCUT2D eigenvalue weighted by atomic mass is 10.1. The summed E-state index contributed by atoms with van der Waals surface area (Å²) in [7, 11) is 1.95. The quantitative estimate of drug-likeness (QED) is 0.792. The Labute approximate surface area is 118 Å². The standard InChI is InChI=1S/C16H18N4/c1-11-8-12(2)19-16(13(11)9-17-3)20-10-18-14-6-4-5-7-15(14)20/h4-8,10,17H,9H2,1-3H3. The molecule has 0 radical (unpaired) electrons. The van der Waals surface area contributed by atoms with E-state index in [-0.39, 0.29) is 0 Å². The lowest BCUT2D eigenvalue weighted by Crippen LogP contribution is -2.12. The van der Waals surface area contributed by atoms with Gasteiger partial charge >= 0.3 is 0 Å². The van der Waals surface area contributed by atoms with Gasteiger partial charge < -0.3 is 5.32 Å². The van der Waals surface area contributed by atoms with E-state index in [0.717, 1.165) is 29.1 Å². The summed E-state index contributed by atoms with van der Waals surface area (Å²) in [5, 5.41) is 3.22. The van der Waals surface area contributed by atoms with Crippen LogP contribution < -0.4 is 5.32 Å². The highest BCUT2D eigenvalue weighted by Gasteiger charge is 2.12. The van der Waals surface area contributed by atoms with Gasteiger partial charge in [-0.25, -0.2) is 9.97 Å². The summed E-state index contributed by atoms with van der Waals surface area (Å²) in [6.45, 7) is 4.95. The fourth-order valence-corrected chi connectivity index (χ4v) is 2.57. The molecule has 3 aromatic rings. The van der Waals surface area contributed by atoms with Gasteiger partial charge in [0.15, 0.2) is 0 Å². The molecule has 0 aliphatic rings. The molecular formula is C16H18N4. The summed E-state index contributed by atoms with van der Waals surface area (Å²) in [5.74, 6) is 0.963. The second-order valence-electron chi connectivity index (χ2n) is 5.02. The number of hydrogen-bond donors (Lipinski definition) is 1. The molecule has 0 amide bonds. The van der Waals surface area contributed by atoms with Gasteiger partial charge in [-0.1, -0.05) is 12.1 Å². The first kappa shape index (κ1) is 12.8. The zero-order chi connectivity index (χ0) is 14.1. The van der Waals surface area contributed by atoms with E-state index in [1.54, 1.807) is 0 Å². The summed E-state index contributed by atoms with van der Waals surface area (Å²) in [4.78, 5) is 9.19. The highest BCUT2D eigenvalue weighted by Crippen LogP contribution is 2.22. The van der Waals surface area contributed by atoms with Crippen molar-refractivity contribution in [3.8, 4) is 5.82 Å². The van der Waals surface area contributed by atoms with Gasteiger partial charge in [-0.05, 0) is 44.7 Å². The number of para-hydroxylation sites is 2. The third kappa shape index (κ3) is 2.08. The van der Waals surface area contributed by atoms with Crippen molar-refractivity contribution >= 4 is 11.0 Å². The number of pyridine rings is 1. The van der Waals surface area contributed by atoms with E-state index >= 15 is 0 Å². The Morgan fingerprint density at radius 1 is 1.20 bits per heavy atom. The number of rotatable bonds is 3. The smallest absolute Gasteiger partial charge is 0.143 e. The van der Waals surface area contributed by atoms with E-state index in [1.165, 1.54) is 11.1 Å². The van der Waals surface area contributed by atoms with Gasteiger partial charge in [-0.15, -0.1) is 0 Å². The number of imidazole rings is 1. The number of nitrogens with one attached hydrogen (secondary N) is 1. The average Bonchev–Trinajstić information content (AvgIpc) is 2.85. The van der Waals surface area contributed by atoms with Crippen molar-refractivity contribution in [3.05, 3.63) is 53.5 Å². The lowest BCUT2D eigenvalue weighted by molar-refractivity contribution is 0.791. The molecule has 1 N–H and O–H groups in total. The van der Waals surface area contributed by atoms with Crippen LogP contribution in [0.2, 0.25) is 0 Å². The van der Waals surface area contributed by atoms with Gasteiger partial charge in [0.05, 0.1) is 11.0 Å². The Morgan fingerprint density at radius 3 is 2.80 bits per heavy atom. The first-order valence-corrected chi connectivity index (χ1v) is 6.75. The van der Waals surface area contributed by atoms with E-state index in [9.17, 15) is 0 Å². The molecule has 0 saturated heterocycles. The Kier molecular flexibility index (Phi) is 3.24. The van der Waals surface area contributed by atoms with Crippen LogP contribution in [-0.4, -0.2) is 21.6 Å². The van der Waals surface area contributed by atoms with Crippen molar-refractivity contribution in [2.24, 2.45) is 0 Å². The highest BCUT2D eigenvalue weighted by atomic mass is 15.1. The topological polar surface area (TPSA) is 42.7 Å². The van der Waals surface area contributed by atoms with Crippen molar-refractivity contribution in [3.63, 3.8) is 0 Å². The van der Waals surface area contributed by atoms with Gasteiger partial charge in [0.1, 0.15) is 12.1 Å². The van der Waals surface area contributed by atoms with Crippen LogP contribution in [0.1, 0.15) is 16.8 Å². The minimum absolute atomic E-state index is 0.793. The molecule has 0 unspecified atom stereocenters. The van der Waals surface area contributed by atoms with Crippen molar-refractivity contribution in [2.75, 3.05) is 7.05 Å². The van der Waals surface area contributed by atoms with Crippen LogP contribution in [0.3, 0.4) is 0 Å².